The summed E-state index contributed by atoms with van der Waals surface area (Å²) in [6, 6.07) is 20.4. The average molecular weight is 610 g/mol. The minimum absolute atomic E-state index is 0.132. The van der Waals surface area contributed by atoms with Crippen LogP contribution in [0.4, 0.5) is 5.82 Å². The highest BCUT2D eigenvalue weighted by Gasteiger charge is 2.32. The molecule has 4 aromatic rings. The van der Waals surface area contributed by atoms with E-state index in [9.17, 15) is 0 Å². The number of aromatic nitrogens is 4. The fourth-order valence-corrected chi connectivity index (χ4v) is 6.16. The van der Waals surface area contributed by atoms with Crippen LogP contribution in [-0.4, -0.2) is 83.7 Å². The summed E-state index contributed by atoms with van der Waals surface area (Å²) in [6.07, 6.45) is 3.29. The molecule has 2 saturated heterocycles. The SMILES string of the molecule is Nc1ncnc2c1ncn2CCOCP(OC1COCC(Cc2ccccc2)O1)OC1COCC(Cc2ccccc2)O1. The zero-order valence-corrected chi connectivity index (χ0v) is 24.7. The molecule has 0 saturated carbocycles. The number of hydrogen-bond donors (Lipinski definition) is 1. The van der Waals surface area contributed by atoms with Crippen molar-refractivity contribution >= 4 is 25.4 Å². The van der Waals surface area contributed by atoms with E-state index in [1.807, 2.05) is 41.0 Å². The molecule has 12 nitrogen and oxygen atoms in total. The molecule has 4 heterocycles. The first kappa shape index (κ1) is 30.0. The summed E-state index contributed by atoms with van der Waals surface area (Å²) in [5.41, 5.74) is 9.48. The minimum Gasteiger partial charge on any atom is -0.382 e. The Morgan fingerprint density at radius 1 is 0.791 bits per heavy atom. The highest BCUT2D eigenvalue weighted by molar-refractivity contribution is 7.47. The molecule has 0 amide bonds. The number of rotatable bonds is 13. The molecule has 13 heteroatoms. The number of anilines is 1. The molecule has 4 atom stereocenters. The Hall–Kier alpha value is -3.06. The van der Waals surface area contributed by atoms with Crippen LogP contribution in [-0.2, 0) is 52.1 Å². The fourth-order valence-electron chi connectivity index (χ4n) is 4.97. The fraction of sp³-hybridized carbons (Fsp3) is 0.433. The summed E-state index contributed by atoms with van der Waals surface area (Å²) in [5, 5.41) is 0. The largest absolute Gasteiger partial charge is 0.382 e. The molecule has 2 aliphatic rings. The molecule has 4 unspecified atom stereocenters. The standard InChI is InChI=1S/C30H36N5O7P/c31-29-28-30(33-19-32-29)35(20-34-28)11-12-36-21-43(41-26-17-37-15-24(39-26)13-22-7-3-1-4-8-22)42-27-18-38-16-25(40-27)14-23-9-5-2-6-10-23/h1-10,19-20,24-27H,11-18,21H2,(H2,31,32,33). The molecule has 2 N–H and O–H groups in total. The Balaban J connectivity index is 1.06. The van der Waals surface area contributed by atoms with Crippen molar-refractivity contribution in [2.75, 3.05) is 45.1 Å². The van der Waals surface area contributed by atoms with Gasteiger partial charge in [0, 0.05) is 19.4 Å². The van der Waals surface area contributed by atoms with Gasteiger partial charge in [-0.25, -0.2) is 15.0 Å². The monoisotopic (exact) mass is 609 g/mol. The summed E-state index contributed by atoms with van der Waals surface area (Å²) >= 11 is 0. The van der Waals surface area contributed by atoms with Crippen molar-refractivity contribution in [3.05, 3.63) is 84.4 Å². The van der Waals surface area contributed by atoms with Crippen molar-refractivity contribution in [1.29, 1.82) is 0 Å². The lowest BCUT2D eigenvalue weighted by Gasteiger charge is -2.35. The molecular formula is C30H36N5O7P. The second kappa shape index (κ2) is 15.1. The molecule has 228 valence electrons. The second-order valence-corrected chi connectivity index (χ2v) is 11.6. The lowest BCUT2D eigenvalue weighted by atomic mass is 10.1. The normalized spacial score (nSPS) is 23.3. The number of benzene rings is 2. The van der Waals surface area contributed by atoms with Gasteiger partial charge >= 0.3 is 0 Å². The van der Waals surface area contributed by atoms with Gasteiger partial charge < -0.3 is 34.0 Å². The van der Waals surface area contributed by atoms with Crippen LogP contribution in [0.25, 0.3) is 11.2 Å². The van der Waals surface area contributed by atoms with Crippen molar-refractivity contribution in [1.82, 2.24) is 19.5 Å². The zero-order valence-electron chi connectivity index (χ0n) is 23.8. The molecule has 2 aromatic carbocycles. The maximum absolute atomic E-state index is 6.32. The van der Waals surface area contributed by atoms with Crippen LogP contribution < -0.4 is 5.73 Å². The van der Waals surface area contributed by atoms with Gasteiger partial charge in [0.1, 0.15) is 18.2 Å². The van der Waals surface area contributed by atoms with Crippen LogP contribution >= 0.6 is 8.38 Å². The molecule has 0 bridgehead atoms. The van der Waals surface area contributed by atoms with Gasteiger partial charge in [-0.05, 0) is 11.1 Å². The Kier molecular flexibility index (Phi) is 10.5. The molecule has 43 heavy (non-hydrogen) atoms. The maximum Gasteiger partial charge on any atom is 0.203 e. The van der Waals surface area contributed by atoms with E-state index >= 15 is 0 Å². The first-order valence-electron chi connectivity index (χ1n) is 14.3. The summed E-state index contributed by atoms with van der Waals surface area (Å²) < 4.78 is 44.7. The number of nitrogens with two attached hydrogens (primary N) is 1. The van der Waals surface area contributed by atoms with Gasteiger partial charge in [-0.3, -0.25) is 9.05 Å². The van der Waals surface area contributed by atoms with Crippen molar-refractivity contribution in [2.45, 2.75) is 44.2 Å². The van der Waals surface area contributed by atoms with Crippen LogP contribution in [0.5, 0.6) is 0 Å². The number of hydrogen-bond acceptors (Lipinski definition) is 11. The number of ether oxygens (including phenoxy) is 5. The summed E-state index contributed by atoms with van der Waals surface area (Å²) in [5.74, 6) is 0.343. The number of fused-ring (bicyclic) bond motifs is 1. The third-order valence-corrected chi connectivity index (χ3v) is 8.32. The van der Waals surface area contributed by atoms with E-state index in [-0.39, 0.29) is 18.6 Å². The van der Waals surface area contributed by atoms with Crippen LogP contribution in [0.1, 0.15) is 11.1 Å². The van der Waals surface area contributed by atoms with Gasteiger partial charge in [0.25, 0.3) is 0 Å². The lowest BCUT2D eigenvalue weighted by molar-refractivity contribution is -0.225. The van der Waals surface area contributed by atoms with Crippen LogP contribution in [0, 0.1) is 0 Å². The van der Waals surface area contributed by atoms with Crippen molar-refractivity contribution in [3.63, 3.8) is 0 Å². The first-order valence-corrected chi connectivity index (χ1v) is 15.7. The predicted octanol–water partition coefficient (Wildman–Crippen LogP) is 3.70. The van der Waals surface area contributed by atoms with E-state index < -0.39 is 21.0 Å². The van der Waals surface area contributed by atoms with Gasteiger partial charge in [-0.1, -0.05) is 60.7 Å². The highest BCUT2D eigenvalue weighted by Crippen LogP contribution is 2.43. The summed E-state index contributed by atoms with van der Waals surface area (Å²) in [6.45, 7) is 2.48. The summed E-state index contributed by atoms with van der Waals surface area (Å²) in [7, 11) is -1.57. The van der Waals surface area contributed by atoms with E-state index in [1.54, 1.807) is 6.33 Å². The lowest BCUT2D eigenvalue weighted by Crippen LogP contribution is -2.40. The second-order valence-electron chi connectivity index (χ2n) is 10.3. The van der Waals surface area contributed by atoms with E-state index in [2.05, 4.69) is 39.2 Å². The highest BCUT2D eigenvalue weighted by atomic mass is 31.2. The first-order chi connectivity index (χ1) is 21.2. The van der Waals surface area contributed by atoms with Gasteiger partial charge in [-0.15, -0.1) is 0 Å². The van der Waals surface area contributed by atoms with Crippen LogP contribution in [0.2, 0.25) is 0 Å². The van der Waals surface area contributed by atoms with E-state index in [4.69, 9.17) is 38.5 Å². The molecule has 2 fully saturated rings. The molecule has 0 aliphatic carbocycles. The number of nitrogen functional groups attached to an aromatic ring is 1. The molecule has 2 aliphatic heterocycles. The Morgan fingerprint density at radius 3 is 2.00 bits per heavy atom. The van der Waals surface area contributed by atoms with Crippen LogP contribution in [0.15, 0.2) is 73.3 Å². The van der Waals surface area contributed by atoms with Gasteiger partial charge in [0.15, 0.2) is 24.0 Å². The van der Waals surface area contributed by atoms with E-state index in [1.165, 1.54) is 17.5 Å². The quantitative estimate of drug-likeness (QED) is 0.176. The van der Waals surface area contributed by atoms with E-state index in [0.29, 0.717) is 56.6 Å². The van der Waals surface area contributed by atoms with Crippen molar-refractivity contribution < 1.29 is 32.7 Å². The van der Waals surface area contributed by atoms with E-state index in [0.717, 1.165) is 12.8 Å². The zero-order chi connectivity index (χ0) is 29.3. The smallest absolute Gasteiger partial charge is 0.203 e. The van der Waals surface area contributed by atoms with Crippen molar-refractivity contribution in [3.8, 4) is 0 Å². The Labute approximate surface area is 251 Å². The topological polar surface area (TPSA) is 134 Å². The molecule has 0 radical (unpaired) electrons. The average Bonchev–Trinajstić information content (AvgIpc) is 3.45. The molecule has 0 spiro atoms. The molecular weight excluding hydrogens is 573 g/mol. The number of imidazole rings is 1. The van der Waals surface area contributed by atoms with Crippen LogP contribution in [0.3, 0.4) is 0 Å². The Morgan fingerprint density at radius 2 is 1.40 bits per heavy atom. The molecule has 2 aromatic heterocycles. The Bertz CT molecular complexity index is 1350. The van der Waals surface area contributed by atoms with Crippen molar-refractivity contribution in [2.24, 2.45) is 0 Å². The minimum atomic E-state index is -1.57. The van der Waals surface area contributed by atoms with Gasteiger partial charge in [-0.2, -0.15) is 0 Å². The molecule has 6 rings (SSSR count). The third kappa shape index (κ3) is 8.53. The third-order valence-electron chi connectivity index (χ3n) is 6.99. The van der Waals surface area contributed by atoms with Gasteiger partial charge in [0.05, 0.1) is 51.6 Å². The predicted molar refractivity (Wildman–Crippen MR) is 159 cm³/mol. The number of nitrogens with zero attached hydrogens (tertiary/aromatic N) is 4. The van der Waals surface area contributed by atoms with Gasteiger partial charge in [0.2, 0.25) is 8.38 Å². The summed E-state index contributed by atoms with van der Waals surface area (Å²) in [4.78, 5) is 12.6. The maximum atomic E-state index is 6.32.